The number of hydrogen-bond donors (Lipinski definition) is 2. The fourth-order valence-electron chi connectivity index (χ4n) is 3.23. The van der Waals surface area contributed by atoms with Gasteiger partial charge in [-0.3, -0.25) is 4.40 Å². The number of aromatic amines is 1. The lowest BCUT2D eigenvalue weighted by Gasteiger charge is -2.04. The molecule has 1 fully saturated rings. The second-order valence-electron chi connectivity index (χ2n) is 6.45. The second kappa shape index (κ2) is 5.60. The maximum absolute atomic E-state index is 5.26. The number of rotatable bonds is 5. The van der Waals surface area contributed by atoms with Crippen molar-refractivity contribution in [2.24, 2.45) is 0 Å². The summed E-state index contributed by atoms with van der Waals surface area (Å²) in [5, 5.41) is 3.57. The number of nitrogens with zero attached hydrogens (tertiary/aromatic N) is 3. The van der Waals surface area contributed by atoms with Crippen LogP contribution in [0.15, 0.2) is 42.7 Å². The molecule has 6 nitrogen and oxygen atoms in total. The SMILES string of the molecule is COc1ccc(-c2nc(CNC3CC3)n3c2cnc2[nH]ccc23)cc1. The number of hydrogen-bond acceptors (Lipinski definition) is 4. The molecule has 6 heteroatoms. The number of imidazole rings is 1. The summed E-state index contributed by atoms with van der Waals surface area (Å²) in [4.78, 5) is 12.7. The molecule has 0 saturated heterocycles. The standard InChI is InChI=1S/C19H19N5O/c1-25-14-6-2-12(3-7-14)18-16-10-22-19-15(8-9-20-19)24(16)17(23-18)11-21-13-4-5-13/h2-3,6-10,13,20-21H,4-5,11H2,1H3. The van der Waals surface area contributed by atoms with E-state index in [-0.39, 0.29) is 0 Å². The maximum atomic E-state index is 5.26. The third-order valence-corrected chi connectivity index (χ3v) is 4.73. The van der Waals surface area contributed by atoms with E-state index >= 15 is 0 Å². The first kappa shape index (κ1) is 14.5. The summed E-state index contributed by atoms with van der Waals surface area (Å²) < 4.78 is 7.47. The lowest BCUT2D eigenvalue weighted by molar-refractivity contribution is 0.415. The van der Waals surface area contributed by atoms with Gasteiger partial charge in [-0.15, -0.1) is 0 Å². The Balaban J connectivity index is 1.68. The molecule has 1 aliphatic carbocycles. The third kappa shape index (κ3) is 2.46. The molecule has 25 heavy (non-hydrogen) atoms. The minimum atomic E-state index is 0.639. The number of ether oxygens (including phenoxy) is 1. The van der Waals surface area contributed by atoms with Crippen LogP contribution in [0.25, 0.3) is 27.9 Å². The van der Waals surface area contributed by atoms with Crippen LogP contribution < -0.4 is 10.1 Å². The second-order valence-corrected chi connectivity index (χ2v) is 6.45. The molecule has 0 atom stereocenters. The molecule has 2 N–H and O–H groups in total. The van der Waals surface area contributed by atoms with Crippen LogP contribution in [-0.4, -0.2) is 32.5 Å². The van der Waals surface area contributed by atoms with Crippen LogP contribution >= 0.6 is 0 Å². The van der Waals surface area contributed by atoms with E-state index in [0.717, 1.165) is 46.1 Å². The maximum Gasteiger partial charge on any atom is 0.154 e. The molecule has 1 saturated carbocycles. The van der Waals surface area contributed by atoms with Gasteiger partial charge in [0.25, 0.3) is 0 Å². The fraction of sp³-hybridized carbons (Fsp3) is 0.263. The van der Waals surface area contributed by atoms with Gasteiger partial charge in [0, 0.05) is 17.8 Å². The molecule has 0 amide bonds. The van der Waals surface area contributed by atoms with Crippen molar-refractivity contribution in [3.05, 3.63) is 48.5 Å². The number of nitrogens with one attached hydrogen (secondary N) is 2. The number of benzene rings is 1. The van der Waals surface area contributed by atoms with E-state index in [4.69, 9.17) is 9.72 Å². The summed E-state index contributed by atoms with van der Waals surface area (Å²) in [5.41, 5.74) is 4.96. The minimum absolute atomic E-state index is 0.639. The molecule has 0 bridgehead atoms. The lowest BCUT2D eigenvalue weighted by Crippen LogP contribution is -2.17. The van der Waals surface area contributed by atoms with Crippen LogP contribution in [0.3, 0.4) is 0 Å². The summed E-state index contributed by atoms with van der Waals surface area (Å²) >= 11 is 0. The molecule has 1 aliphatic rings. The summed E-state index contributed by atoms with van der Waals surface area (Å²) in [6, 6.07) is 10.7. The Bertz CT molecular complexity index is 1040. The van der Waals surface area contributed by atoms with Crippen LogP contribution in [-0.2, 0) is 6.54 Å². The Kier molecular flexibility index (Phi) is 3.24. The van der Waals surface area contributed by atoms with Crippen molar-refractivity contribution >= 4 is 16.7 Å². The average Bonchev–Trinajstić information content (AvgIpc) is 3.23. The Morgan fingerprint density at radius 2 is 2.04 bits per heavy atom. The van der Waals surface area contributed by atoms with Gasteiger partial charge in [-0.1, -0.05) is 0 Å². The summed E-state index contributed by atoms with van der Waals surface area (Å²) in [6.07, 6.45) is 6.33. The number of aromatic nitrogens is 4. The molecule has 0 unspecified atom stereocenters. The van der Waals surface area contributed by atoms with Gasteiger partial charge in [0.15, 0.2) is 5.65 Å². The van der Waals surface area contributed by atoms with Gasteiger partial charge >= 0.3 is 0 Å². The van der Waals surface area contributed by atoms with E-state index in [1.807, 2.05) is 36.7 Å². The first-order valence-corrected chi connectivity index (χ1v) is 8.55. The van der Waals surface area contributed by atoms with Crippen molar-refractivity contribution in [1.29, 1.82) is 0 Å². The average molecular weight is 333 g/mol. The summed E-state index contributed by atoms with van der Waals surface area (Å²) in [7, 11) is 1.68. The summed E-state index contributed by atoms with van der Waals surface area (Å²) in [6.45, 7) is 0.756. The Morgan fingerprint density at radius 3 is 2.80 bits per heavy atom. The normalized spacial score (nSPS) is 14.4. The number of methoxy groups -OCH3 is 1. The van der Waals surface area contributed by atoms with Crippen molar-refractivity contribution in [1.82, 2.24) is 24.7 Å². The van der Waals surface area contributed by atoms with E-state index in [9.17, 15) is 0 Å². The zero-order valence-electron chi connectivity index (χ0n) is 14.0. The quantitative estimate of drug-likeness (QED) is 0.589. The molecular weight excluding hydrogens is 314 g/mol. The van der Waals surface area contributed by atoms with Crippen LogP contribution in [0.4, 0.5) is 0 Å². The zero-order valence-corrected chi connectivity index (χ0v) is 14.0. The van der Waals surface area contributed by atoms with Gasteiger partial charge in [0.2, 0.25) is 0 Å². The first-order chi connectivity index (χ1) is 12.3. The largest absolute Gasteiger partial charge is 0.497 e. The van der Waals surface area contributed by atoms with Crippen LogP contribution in [0.2, 0.25) is 0 Å². The molecule has 4 aromatic rings. The fourth-order valence-corrected chi connectivity index (χ4v) is 3.23. The smallest absolute Gasteiger partial charge is 0.154 e. The highest BCUT2D eigenvalue weighted by Gasteiger charge is 2.22. The summed E-state index contributed by atoms with van der Waals surface area (Å²) in [5.74, 6) is 1.86. The zero-order chi connectivity index (χ0) is 16.8. The van der Waals surface area contributed by atoms with Crippen molar-refractivity contribution in [3.8, 4) is 17.0 Å². The molecule has 126 valence electrons. The van der Waals surface area contributed by atoms with Gasteiger partial charge in [0.05, 0.1) is 36.6 Å². The molecule has 0 aliphatic heterocycles. The minimum Gasteiger partial charge on any atom is -0.497 e. The van der Waals surface area contributed by atoms with E-state index in [1.165, 1.54) is 12.8 Å². The van der Waals surface area contributed by atoms with E-state index < -0.39 is 0 Å². The molecule has 1 aromatic carbocycles. The van der Waals surface area contributed by atoms with Crippen molar-refractivity contribution in [2.45, 2.75) is 25.4 Å². The predicted molar refractivity (Wildman–Crippen MR) is 96.7 cm³/mol. The Hall–Kier alpha value is -2.86. The molecule has 5 rings (SSSR count). The highest BCUT2D eigenvalue weighted by atomic mass is 16.5. The van der Waals surface area contributed by atoms with Crippen molar-refractivity contribution in [2.75, 3.05) is 7.11 Å². The van der Waals surface area contributed by atoms with Crippen molar-refractivity contribution < 1.29 is 4.74 Å². The molecular formula is C19H19N5O. The van der Waals surface area contributed by atoms with Crippen LogP contribution in [0, 0.1) is 0 Å². The van der Waals surface area contributed by atoms with Gasteiger partial charge < -0.3 is 15.0 Å². The molecule has 0 spiro atoms. The Labute approximate surface area is 144 Å². The highest BCUT2D eigenvalue weighted by molar-refractivity contribution is 5.84. The van der Waals surface area contributed by atoms with Gasteiger partial charge in [-0.25, -0.2) is 9.97 Å². The molecule has 0 radical (unpaired) electrons. The first-order valence-electron chi connectivity index (χ1n) is 8.55. The topological polar surface area (TPSA) is 67.2 Å². The number of fused-ring (bicyclic) bond motifs is 3. The third-order valence-electron chi connectivity index (χ3n) is 4.73. The number of H-pyrrole nitrogens is 1. The van der Waals surface area contributed by atoms with E-state index in [2.05, 4.69) is 25.8 Å². The van der Waals surface area contributed by atoms with Crippen LogP contribution in [0.5, 0.6) is 5.75 Å². The van der Waals surface area contributed by atoms with Gasteiger partial charge in [-0.05, 0) is 43.2 Å². The van der Waals surface area contributed by atoms with Gasteiger partial charge in [-0.2, -0.15) is 0 Å². The van der Waals surface area contributed by atoms with Gasteiger partial charge in [0.1, 0.15) is 11.6 Å². The molecule has 3 aromatic heterocycles. The Morgan fingerprint density at radius 1 is 1.20 bits per heavy atom. The lowest BCUT2D eigenvalue weighted by atomic mass is 10.1. The van der Waals surface area contributed by atoms with E-state index in [1.54, 1.807) is 7.11 Å². The van der Waals surface area contributed by atoms with Crippen LogP contribution in [0.1, 0.15) is 18.7 Å². The predicted octanol–water partition coefficient (Wildman–Crippen LogP) is 3.14. The highest BCUT2D eigenvalue weighted by Crippen LogP contribution is 2.29. The van der Waals surface area contributed by atoms with E-state index in [0.29, 0.717) is 6.04 Å². The monoisotopic (exact) mass is 333 g/mol. The van der Waals surface area contributed by atoms with Crippen molar-refractivity contribution in [3.63, 3.8) is 0 Å². The molecule has 3 heterocycles.